The number of halogens is 4. The molecule has 0 aromatic carbocycles. The first-order valence-electron chi connectivity index (χ1n) is 4.61. The molecule has 0 aliphatic rings. The van der Waals surface area contributed by atoms with Crippen LogP contribution in [0.3, 0.4) is 0 Å². The summed E-state index contributed by atoms with van der Waals surface area (Å²) in [6, 6.07) is 0. The van der Waals surface area contributed by atoms with Crippen LogP contribution in [0, 0.1) is 0 Å². The van der Waals surface area contributed by atoms with E-state index in [4.69, 9.17) is 51.1 Å². The van der Waals surface area contributed by atoms with E-state index in [1.807, 2.05) is 0 Å². The summed E-state index contributed by atoms with van der Waals surface area (Å²) in [5, 5.41) is 2.09. The first-order valence-corrected chi connectivity index (χ1v) is 6.24. The van der Waals surface area contributed by atoms with Crippen molar-refractivity contribution in [3.63, 3.8) is 0 Å². The molecule has 0 heterocycles. The lowest BCUT2D eigenvalue weighted by atomic mass is 10.5. The molecule has 1 amide bonds. The molecule has 0 saturated heterocycles. The van der Waals surface area contributed by atoms with Gasteiger partial charge in [0.2, 0.25) is 0 Å². The van der Waals surface area contributed by atoms with E-state index in [1.54, 1.807) is 6.92 Å². The predicted molar refractivity (Wildman–Crippen MR) is 71.3 cm³/mol. The summed E-state index contributed by atoms with van der Waals surface area (Å²) in [4.78, 5) is 11.2. The normalized spacial score (nSPS) is 12.8. The summed E-state index contributed by atoms with van der Waals surface area (Å²) in [5.41, 5.74) is 4.84. The molecule has 0 spiro atoms. The number of nitrogens with one attached hydrogen (secondary N) is 1. The Bertz CT molecular complexity index is 287. The van der Waals surface area contributed by atoms with E-state index >= 15 is 0 Å². The zero-order valence-corrected chi connectivity index (χ0v) is 12.1. The zero-order valence-electron chi connectivity index (χ0n) is 9.05. The highest BCUT2D eigenvalue weighted by Crippen LogP contribution is 2.09. The minimum atomic E-state index is -0.606. The fraction of sp³-hybridized carbons (Fsp3) is 0.444. The van der Waals surface area contributed by atoms with E-state index in [9.17, 15) is 4.79 Å². The molecule has 98 valence electrons. The Labute approximate surface area is 120 Å². The maximum Gasteiger partial charge on any atom is 0.421 e. The highest BCUT2D eigenvalue weighted by atomic mass is 35.5. The summed E-state index contributed by atoms with van der Waals surface area (Å²) in [7, 11) is 0. The maximum absolute atomic E-state index is 11.2. The fourth-order valence-corrected chi connectivity index (χ4v) is 1.29. The SMILES string of the molecule is CCOC(=O)NN(C/C(Cl)=C/Cl)C/C(Cl)=C/Cl. The van der Waals surface area contributed by atoms with E-state index in [0.717, 1.165) is 0 Å². The van der Waals surface area contributed by atoms with E-state index in [-0.39, 0.29) is 19.7 Å². The standard InChI is InChI=1S/C9H12Cl4N2O2/c1-2-17-9(16)14-15(5-7(12)3-10)6-8(13)4-11/h3-4H,2,5-6H2,1H3,(H,14,16)/b7-3-,8-4-. The van der Waals surface area contributed by atoms with Crippen LogP contribution in [-0.4, -0.2) is 30.8 Å². The van der Waals surface area contributed by atoms with Crippen molar-refractivity contribution in [2.24, 2.45) is 0 Å². The predicted octanol–water partition coefficient (Wildman–Crippen LogP) is 3.59. The molecule has 0 radical (unpaired) electrons. The van der Waals surface area contributed by atoms with Crippen LogP contribution in [0.1, 0.15) is 6.92 Å². The summed E-state index contributed by atoms with van der Waals surface area (Å²) in [6.45, 7) is 2.33. The molecule has 17 heavy (non-hydrogen) atoms. The third-order valence-electron chi connectivity index (χ3n) is 1.45. The van der Waals surface area contributed by atoms with Crippen LogP contribution in [0.25, 0.3) is 0 Å². The molecule has 0 aliphatic carbocycles. The number of ether oxygens (including phenoxy) is 1. The first kappa shape index (κ1) is 16.9. The number of hydrazine groups is 1. The monoisotopic (exact) mass is 320 g/mol. The largest absolute Gasteiger partial charge is 0.449 e. The van der Waals surface area contributed by atoms with Gasteiger partial charge in [-0.2, -0.15) is 0 Å². The van der Waals surface area contributed by atoms with Gasteiger partial charge in [0.05, 0.1) is 19.7 Å². The average molecular weight is 322 g/mol. The Kier molecular flexibility index (Phi) is 9.78. The third kappa shape index (κ3) is 8.57. The lowest BCUT2D eigenvalue weighted by Gasteiger charge is -2.21. The van der Waals surface area contributed by atoms with Crippen molar-refractivity contribution in [3.05, 3.63) is 21.1 Å². The first-order chi connectivity index (χ1) is 8.03. The minimum absolute atomic E-state index is 0.185. The van der Waals surface area contributed by atoms with Gasteiger partial charge in [0.25, 0.3) is 0 Å². The Morgan fingerprint density at radius 3 is 2.06 bits per heavy atom. The van der Waals surface area contributed by atoms with Gasteiger partial charge < -0.3 is 4.74 Å². The molecule has 0 rings (SSSR count). The molecule has 0 saturated carbocycles. The summed E-state index contributed by atoms with van der Waals surface area (Å²) < 4.78 is 4.72. The molecular formula is C9H12Cl4N2O2. The Hall–Kier alpha value is -0.130. The van der Waals surface area contributed by atoms with Gasteiger partial charge in [-0.05, 0) is 6.92 Å². The maximum atomic E-state index is 11.2. The molecule has 1 N–H and O–H groups in total. The van der Waals surface area contributed by atoms with Crippen LogP contribution in [0.15, 0.2) is 21.1 Å². The lowest BCUT2D eigenvalue weighted by molar-refractivity contribution is 0.118. The van der Waals surface area contributed by atoms with Gasteiger partial charge >= 0.3 is 6.09 Å². The summed E-state index contributed by atoms with van der Waals surface area (Å²) >= 11 is 22.3. The van der Waals surface area contributed by atoms with E-state index in [1.165, 1.54) is 16.1 Å². The summed E-state index contributed by atoms with van der Waals surface area (Å²) in [5.74, 6) is 0. The number of hydrogen-bond donors (Lipinski definition) is 1. The molecular weight excluding hydrogens is 310 g/mol. The van der Waals surface area contributed by atoms with Gasteiger partial charge in [0.1, 0.15) is 0 Å². The van der Waals surface area contributed by atoms with Crippen LogP contribution in [0.4, 0.5) is 4.79 Å². The fourth-order valence-electron chi connectivity index (χ4n) is 0.861. The summed E-state index contributed by atoms with van der Waals surface area (Å²) in [6.07, 6.45) is -0.606. The van der Waals surface area contributed by atoms with Gasteiger partial charge in [0, 0.05) is 21.1 Å². The van der Waals surface area contributed by atoms with Crippen LogP contribution in [0.5, 0.6) is 0 Å². The van der Waals surface area contributed by atoms with Crippen LogP contribution < -0.4 is 5.43 Å². The molecule has 0 unspecified atom stereocenters. The molecule has 0 aromatic rings. The number of amides is 1. The molecule has 8 heteroatoms. The third-order valence-corrected chi connectivity index (χ3v) is 2.65. The average Bonchev–Trinajstić information content (AvgIpc) is 2.28. The molecule has 0 aliphatic heterocycles. The highest BCUT2D eigenvalue weighted by molar-refractivity contribution is 6.37. The molecule has 0 atom stereocenters. The lowest BCUT2D eigenvalue weighted by Crippen LogP contribution is -2.43. The van der Waals surface area contributed by atoms with Gasteiger partial charge in [-0.25, -0.2) is 9.80 Å². The van der Waals surface area contributed by atoms with E-state index in [0.29, 0.717) is 10.1 Å². The van der Waals surface area contributed by atoms with E-state index in [2.05, 4.69) is 5.43 Å². The second-order valence-corrected chi connectivity index (χ2v) is 4.21. The Morgan fingerprint density at radius 1 is 1.24 bits per heavy atom. The van der Waals surface area contributed by atoms with Crippen molar-refractivity contribution < 1.29 is 9.53 Å². The molecule has 4 nitrogen and oxygen atoms in total. The van der Waals surface area contributed by atoms with Crippen molar-refractivity contribution in [3.8, 4) is 0 Å². The van der Waals surface area contributed by atoms with Gasteiger partial charge in [-0.15, -0.1) is 0 Å². The second kappa shape index (κ2) is 9.85. The topological polar surface area (TPSA) is 41.6 Å². The van der Waals surface area contributed by atoms with Crippen molar-refractivity contribution >= 4 is 52.5 Å². The molecule has 0 aromatic heterocycles. The molecule has 0 bridgehead atoms. The number of carbonyl (C=O) groups is 1. The van der Waals surface area contributed by atoms with Gasteiger partial charge in [-0.1, -0.05) is 46.4 Å². The van der Waals surface area contributed by atoms with Gasteiger partial charge in [-0.3, -0.25) is 5.43 Å². The van der Waals surface area contributed by atoms with Crippen molar-refractivity contribution in [1.82, 2.24) is 10.4 Å². The smallest absolute Gasteiger partial charge is 0.421 e. The van der Waals surface area contributed by atoms with Crippen molar-refractivity contribution in [1.29, 1.82) is 0 Å². The molecule has 0 fully saturated rings. The quantitative estimate of drug-likeness (QED) is 0.760. The van der Waals surface area contributed by atoms with Gasteiger partial charge in [0.15, 0.2) is 0 Å². The highest BCUT2D eigenvalue weighted by Gasteiger charge is 2.12. The Morgan fingerprint density at radius 2 is 1.71 bits per heavy atom. The van der Waals surface area contributed by atoms with Crippen LogP contribution >= 0.6 is 46.4 Å². The van der Waals surface area contributed by atoms with Crippen LogP contribution in [-0.2, 0) is 4.74 Å². The minimum Gasteiger partial charge on any atom is -0.449 e. The number of rotatable bonds is 6. The van der Waals surface area contributed by atoms with Crippen LogP contribution in [0.2, 0.25) is 0 Å². The zero-order chi connectivity index (χ0) is 13.3. The van der Waals surface area contributed by atoms with E-state index < -0.39 is 6.09 Å². The second-order valence-electron chi connectivity index (χ2n) is 2.80. The number of hydrogen-bond acceptors (Lipinski definition) is 3. The number of nitrogens with zero attached hydrogens (tertiary/aromatic N) is 1. The van der Waals surface area contributed by atoms with Crippen molar-refractivity contribution in [2.45, 2.75) is 6.92 Å². The van der Waals surface area contributed by atoms with Crippen molar-refractivity contribution in [2.75, 3.05) is 19.7 Å². The Balaban J connectivity index is 4.45. The number of carbonyl (C=O) groups excluding carboxylic acids is 1.